The van der Waals surface area contributed by atoms with E-state index in [-0.39, 0.29) is 35.7 Å². The number of methoxy groups -OCH3 is 1. The molecule has 2 aliphatic rings. The Morgan fingerprint density at radius 3 is 2.32 bits per heavy atom. The van der Waals surface area contributed by atoms with Gasteiger partial charge in [0, 0.05) is 37.2 Å². The fourth-order valence-corrected chi connectivity index (χ4v) is 4.56. The third-order valence-corrected chi connectivity index (χ3v) is 6.37. The van der Waals surface area contributed by atoms with Crippen molar-refractivity contribution in [2.45, 2.75) is 70.4 Å². The molecule has 7 heteroatoms. The molecule has 0 aromatic heterocycles. The summed E-state index contributed by atoms with van der Waals surface area (Å²) >= 11 is 0. The molecule has 170 valence electrons. The lowest BCUT2D eigenvalue weighted by Crippen LogP contribution is -2.55. The lowest BCUT2D eigenvalue weighted by Gasteiger charge is -2.36. The van der Waals surface area contributed by atoms with Crippen LogP contribution in [0.25, 0.3) is 0 Å². The lowest BCUT2D eigenvalue weighted by atomic mass is 9.88. The van der Waals surface area contributed by atoms with Crippen LogP contribution in [-0.4, -0.2) is 54.9 Å². The number of piperidine rings is 1. The maximum atomic E-state index is 13.0. The van der Waals surface area contributed by atoms with E-state index in [4.69, 9.17) is 4.74 Å². The maximum absolute atomic E-state index is 13.0. The van der Waals surface area contributed by atoms with Gasteiger partial charge in [-0.15, -0.1) is 0 Å². The molecule has 0 unspecified atom stereocenters. The van der Waals surface area contributed by atoms with Crippen LogP contribution >= 0.6 is 0 Å². The van der Waals surface area contributed by atoms with E-state index in [0.717, 1.165) is 51.5 Å². The molecule has 3 amide bonds. The first-order chi connectivity index (χ1) is 15.0. The zero-order valence-electron chi connectivity index (χ0n) is 18.7. The van der Waals surface area contributed by atoms with Gasteiger partial charge in [0.15, 0.2) is 0 Å². The van der Waals surface area contributed by atoms with Crippen molar-refractivity contribution >= 4 is 17.7 Å². The first-order valence-electron chi connectivity index (χ1n) is 11.5. The van der Waals surface area contributed by atoms with Crippen molar-refractivity contribution in [2.75, 3.05) is 20.2 Å². The summed E-state index contributed by atoms with van der Waals surface area (Å²) in [5.41, 5.74) is 0.578. The van der Waals surface area contributed by atoms with Crippen LogP contribution in [0.2, 0.25) is 0 Å². The third kappa shape index (κ3) is 6.21. The topological polar surface area (TPSA) is 87.7 Å². The predicted molar refractivity (Wildman–Crippen MR) is 119 cm³/mol. The van der Waals surface area contributed by atoms with Crippen molar-refractivity contribution in [1.82, 2.24) is 15.5 Å². The van der Waals surface area contributed by atoms with Gasteiger partial charge in [0.2, 0.25) is 11.8 Å². The van der Waals surface area contributed by atoms with E-state index in [1.807, 2.05) is 11.8 Å². The Bertz CT molecular complexity index is 765. The molecule has 1 heterocycles. The average Bonchev–Trinajstić information content (AvgIpc) is 2.80. The molecule has 1 saturated heterocycles. The molecule has 3 atom stereocenters. The molecule has 2 fully saturated rings. The Morgan fingerprint density at radius 1 is 1.00 bits per heavy atom. The normalized spacial score (nSPS) is 23.7. The largest absolute Gasteiger partial charge is 0.497 e. The van der Waals surface area contributed by atoms with Gasteiger partial charge in [0.05, 0.1) is 13.0 Å². The summed E-state index contributed by atoms with van der Waals surface area (Å²) in [4.78, 5) is 39.8. The highest BCUT2D eigenvalue weighted by Crippen LogP contribution is 2.22. The molecule has 7 nitrogen and oxygen atoms in total. The average molecular weight is 430 g/mol. The summed E-state index contributed by atoms with van der Waals surface area (Å²) < 4.78 is 5.15. The molecule has 0 radical (unpaired) electrons. The van der Waals surface area contributed by atoms with E-state index in [9.17, 15) is 14.4 Å². The zero-order chi connectivity index (χ0) is 22.2. The van der Waals surface area contributed by atoms with E-state index in [0.29, 0.717) is 24.3 Å². The molecular weight excluding hydrogens is 394 g/mol. The number of carbonyl (C=O) groups is 3. The Balaban J connectivity index is 1.57. The monoisotopic (exact) mass is 429 g/mol. The second-order valence-electron chi connectivity index (χ2n) is 8.64. The molecule has 31 heavy (non-hydrogen) atoms. The number of nitrogens with one attached hydrogen (secondary N) is 2. The quantitative estimate of drug-likeness (QED) is 0.698. The molecule has 1 aromatic rings. The number of nitrogens with zero attached hydrogens (tertiary/aromatic N) is 1. The van der Waals surface area contributed by atoms with Crippen LogP contribution in [0.4, 0.5) is 0 Å². The van der Waals surface area contributed by atoms with Crippen LogP contribution in [0.3, 0.4) is 0 Å². The van der Waals surface area contributed by atoms with Crippen molar-refractivity contribution in [3.05, 3.63) is 29.8 Å². The van der Waals surface area contributed by atoms with Crippen LogP contribution in [0.15, 0.2) is 24.3 Å². The highest BCUT2D eigenvalue weighted by atomic mass is 16.5. The molecule has 0 bridgehead atoms. The summed E-state index contributed by atoms with van der Waals surface area (Å²) in [5.74, 6) is 0.544. The first-order valence-corrected chi connectivity index (χ1v) is 11.5. The van der Waals surface area contributed by atoms with Crippen LogP contribution in [0.1, 0.15) is 68.6 Å². The Hall–Kier alpha value is -2.57. The predicted octanol–water partition coefficient (Wildman–Crippen LogP) is 2.89. The summed E-state index contributed by atoms with van der Waals surface area (Å²) in [6.07, 6.45) is 6.78. The fourth-order valence-electron chi connectivity index (χ4n) is 4.56. The molecule has 0 spiro atoms. The number of ether oxygens (including phenoxy) is 1. The molecular formula is C24H35N3O4. The van der Waals surface area contributed by atoms with Crippen LogP contribution in [0.5, 0.6) is 5.75 Å². The first kappa shape index (κ1) is 23.1. The Labute approximate surface area is 184 Å². The number of rotatable bonds is 7. The molecule has 1 saturated carbocycles. The zero-order valence-corrected chi connectivity index (χ0v) is 18.7. The van der Waals surface area contributed by atoms with Gasteiger partial charge < -0.3 is 20.3 Å². The molecule has 1 aliphatic heterocycles. The number of hydrogen-bond acceptors (Lipinski definition) is 4. The summed E-state index contributed by atoms with van der Waals surface area (Å²) in [5, 5.41) is 6.31. The van der Waals surface area contributed by atoms with Gasteiger partial charge >= 0.3 is 0 Å². The number of hydrogen-bond donors (Lipinski definition) is 2. The second kappa shape index (κ2) is 11.2. The summed E-state index contributed by atoms with van der Waals surface area (Å²) in [7, 11) is 1.59. The molecule has 1 aliphatic carbocycles. The molecule has 3 rings (SSSR count). The second-order valence-corrected chi connectivity index (χ2v) is 8.64. The lowest BCUT2D eigenvalue weighted by molar-refractivity contribution is -0.136. The highest BCUT2D eigenvalue weighted by Gasteiger charge is 2.33. The SMILES string of the molecule is CCCC(=O)N1CCC[C@@H](C(=O)N[C@@H]2CCCC[C@H]2NC(=O)c2ccc(OC)cc2)C1. The van der Waals surface area contributed by atoms with Gasteiger partial charge in [-0.2, -0.15) is 0 Å². The van der Waals surface area contributed by atoms with Crippen LogP contribution in [0, 0.1) is 5.92 Å². The Kier molecular flexibility index (Phi) is 8.32. The van der Waals surface area contributed by atoms with E-state index < -0.39 is 0 Å². The van der Waals surface area contributed by atoms with Gasteiger partial charge in [-0.3, -0.25) is 14.4 Å². The van der Waals surface area contributed by atoms with E-state index in [1.54, 1.807) is 31.4 Å². The Morgan fingerprint density at radius 2 is 1.68 bits per heavy atom. The maximum Gasteiger partial charge on any atom is 0.251 e. The number of likely N-dealkylation sites (tertiary alicyclic amines) is 1. The third-order valence-electron chi connectivity index (χ3n) is 6.37. The number of benzene rings is 1. The van der Waals surface area contributed by atoms with Crippen LogP contribution < -0.4 is 15.4 Å². The van der Waals surface area contributed by atoms with Gasteiger partial charge in [-0.25, -0.2) is 0 Å². The van der Waals surface area contributed by atoms with Crippen molar-refractivity contribution in [1.29, 1.82) is 0 Å². The number of amides is 3. The van der Waals surface area contributed by atoms with Gasteiger partial charge in [-0.1, -0.05) is 19.8 Å². The van der Waals surface area contributed by atoms with Crippen molar-refractivity contribution in [3.63, 3.8) is 0 Å². The summed E-state index contributed by atoms with van der Waals surface area (Å²) in [6.45, 7) is 3.24. The molecule has 2 N–H and O–H groups in total. The van der Waals surface area contributed by atoms with Crippen molar-refractivity contribution in [3.8, 4) is 5.75 Å². The van der Waals surface area contributed by atoms with Gasteiger partial charge in [0.25, 0.3) is 5.91 Å². The van der Waals surface area contributed by atoms with Crippen molar-refractivity contribution in [2.24, 2.45) is 5.92 Å². The van der Waals surface area contributed by atoms with Gasteiger partial charge in [-0.05, 0) is 56.4 Å². The van der Waals surface area contributed by atoms with Crippen molar-refractivity contribution < 1.29 is 19.1 Å². The minimum Gasteiger partial charge on any atom is -0.497 e. The number of carbonyl (C=O) groups excluding carboxylic acids is 3. The van der Waals surface area contributed by atoms with Gasteiger partial charge in [0.1, 0.15) is 5.75 Å². The fraction of sp³-hybridized carbons (Fsp3) is 0.625. The van der Waals surface area contributed by atoms with E-state index in [2.05, 4.69) is 10.6 Å². The smallest absolute Gasteiger partial charge is 0.251 e. The van der Waals surface area contributed by atoms with E-state index in [1.165, 1.54) is 0 Å². The minimum atomic E-state index is -0.172. The van der Waals surface area contributed by atoms with Crippen LogP contribution in [-0.2, 0) is 9.59 Å². The van der Waals surface area contributed by atoms with E-state index >= 15 is 0 Å². The molecule has 1 aromatic carbocycles. The standard InChI is InChI=1S/C24H35N3O4/c1-3-7-22(28)27-15-6-8-18(16-27)24(30)26-21-10-5-4-9-20(21)25-23(29)17-11-13-19(31-2)14-12-17/h11-14,18,20-21H,3-10,15-16H2,1-2H3,(H,25,29)(H,26,30)/t18-,20-,21-/m1/s1. The minimum absolute atomic E-state index is 0.00425. The summed E-state index contributed by atoms with van der Waals surface area (Å²) in [6, 6.07) is 6.86. The highest BCUT2D eigenvalue weighted by molar-refractivity contribution is 5.94.